The molecule has 44 valence electrons. The second-order valence-corrected chi connectivity index (χ2v) is 1.04. The van der Waals surface area contributed by atoms with Crippen LogP contribution in [0.4, 0.5) is 0 Å². The van der Waals surface area contributed by atoms with Crippen molar-refractivity contribution in [3.63, 3.8) is 0 Å². The van der Waals surface area contributed by atoms with E-state index in [1.54, 1.807) is 0 Å². The molecule has 0 radical (unpaired) electrons. The van der Waals surface area contributed by atoms with Gasteiger partial charge in [-0.05, 0) is 0 Å². The van der Waals surface area contributed by atoms with Crippen molar-refractivity contribution < 1.29 is 40.4 Å². The Morgan fingerprint density at radius 2 is 2.12 bits per heavy atom. The Balaban J connectivity index is -0.000000180. The molecule has 0 aromatic carbocycles. The summed E-state index contributed by atoms with van der Waals surface area (Å²) in [6.07, 6.45) is -1.63. The van der Waals surface area contributed by atoms with E-state index in [1.807, 2.05) is 0 Å². The fourth-order valence-corrected chi connectivity index (χ4v) is 0.0781. The second kappa shape index (κ2) is 5.13. The summed E-state index contributed by atoms with van der Waals surface area (Å²) >= 11 is 0. The molecule has 3 N–H and O–H groups in total. The van der Waals surface area contributed by atoms with Crippen molar-refractivity contribution in [2.45, 2.75) is 6.10 Å². The van der Waals surface area contributed by atoms with Crippen molar-refractivity contribution in [1.29, 1.82) is 0 Å². The van der Waals surface area contributed by atoms with Crippen LogP contribution in [0.3, 0.4) is 0 Å². The van der Waals surface area contributed by atoms with E-state index in [4.69, 9.17) is 15.3 Å². The molecule has 4 nitrogen and oxygen atoms in total. The smallest absolute Gasteiger partial charge is 1.00 e. The van der Waals surface area contributed by atoms with Gasteiger partial charge in [0, 0.05) is 0 Å². The van der Waals surface area contributed by atoms with E-state index in [9.17, 15) is 4.79 Å². The number of carbonyl (C=O) groups is 1. The predicted molar refractivity (Wildman–Crippen MR) is 21.8 cm³/mol. The Hall–Kier alpha value is -0.0126. The van der Waals surface area contributed by atoms with Crippen LogP contribution in [-0.2, 0) is 4.79 Å². The van der Waals surface area contributed by atoms with Crippen LogP contribution < -0.4 is 18.9 Å². The average molecular weight is 114 g/mol. The molecule has 0 saturated carbocycles. The fraction of sp³-hybridized carbons (Fsp3) is 0.667. The molecule has 0 fully saturated rings. The zero-order valence-electron chi connectivity index (χ0n) is 5.53. The molecular weight excluding hydrogens is 107 g/mol. The molecule has 0 aliphatic carbocycles. The first-order chi connectivity index (χ1) is 3.18. The fourth-order valence-electron chi connectivity index (χ4n) is 0.0781. The molecule has 0 amide bonds. The number of hydrogen-bond donors (Lipinski definition) is 3. The van der Waals surface area contributed by atoms with Gasteiger partial charge in [-0.25, -0.2) is 4.79 Å². The molecule has 1 unspecified atom stereocenters. The Labute approximate surface area is 59.8 Å². The quantitative estimate of drug-likeness (QED) is 0.316. The molecule has 0 aromatic rings. The molecule has 0 aliphatic rings. The van der Waals surface area contributed by atoms with E-state index in [0.717, 1.165) is 0 Å². The van der Waals surface area contributed by atoms with Crippen LogP contribution in [0.15, 0.2) is 0 Å². The van der Waals surface area contributed by atoms with Crippen LogP contribution in [-0.4, -0.2) is 34.0 Å². The van der Waals surface area contributed by atoms with Gasteiger partial charge in [0.2, 0.25) is 0 Å². The van der Waals surface area contributed by atoms with E-state index in [0.29, 0.717) is 0 Å². The summed E-state index contributed by atoms with van der Waals surface area (Å²) in [4.78, 5) is 9.52. The normalized spacial score (nSPS) is 11.8. The standard InChI is InChI=1S/C3H6O4.Li.H/c4-1-2(5)3(6)7;;/h2,4-5H,1H2,(H,6,7);;/q;+1;-1. The van der Waals surface area contributed by atoms with Crippen LogP contribution in [0, 0.1) is 0 Å². The first-order valence-corrected chi connectivity index (χ1v) is 1.70. The van der Waals surface area contributed by atoms with E-state index in [1.165, 1.54) is 0 Å². The van der Waals surface area contributed by atoms with E-state index >= 15 is 0 Å². The number of aliphatic hydroxyl groups excluding tert-OH is 2. The van der Waals surface area contributed by atoms with Crippen molar-refractivity contribution in [3.8, 4) is 0 Å². The van der Waals surface area contributed by atoms with Gasteiger partial charge in [-0.15, -0.1) is 0 Å². The third kappa shape index (κ3) is 4.15. The summed E-state index contributed by atoms with van der Waals surface area (Å²) in [5.74, 6) is -1.40. The van der Waals surface area contributed by atoms with Gasteiger partial charge in [-0.2, -0.15) is 0 Å². The van der Waals surface area contributed by atoms with E-state index in [-0.39, 0.29) is 20.3 Å². The molecule has 0 bridgehead atoms. The summed E-state index contributed by atoms with van der Waals surface area (Å²) < 4.78 is 0. The molecule has 1 atom stereocenters. The van der Waals surface area contributed by atoms with Gasteiger partial charge in [0.15, 0.2) is 6.10 Å². The molecule has 8 heavy (non-hydrogen) atoms. The monoisotopic (exact) mass is 114 g/mol. The van der Waals surface area contributed by atoms with Crippen LogP contribution in [0.1, 0.15) is 1.43 Å². The number of aliphatic hydroxyl groups is 2. The maximum Gasteiger partial charge on any atom is 1.00 e. The zero-order chi connectivity index (χ0) is 5.86. The van der Waals surface area contributed by atoms with Gasteiger partial charge in [-0.3, -0.25) is 0 Å². The molecule has 0 rings (SSSR count). The maximum atomic E-state index is 9.52. The minimum Gasteiger partial charge on any atom is -1.00 e. The topological polar surface area (TPSA) is 77.8 Å². The molecule has 5 heteroatoms. The molecule has 0 spiro atoms. The number of rotatable bonds is 2. The minimum absolute atomic E-state index is 0. The van der Waals surface area contributed by atoms with Crippen molar-refractivity contribution in [2.24, 2.45) is 0 Å². The minimum atomic E-state index is -1.63. The van der Waals surface area contributed by atoms with Crippen molar-refractivity contribution >= 4 is 5.97 Å². The molecule has 0 saturated heterocycles. The second-order valence-electron chi connectivity index (χ2n) is 1.04. The van der Waals surface area contributed by atoms with Crippen molar-refractivity contribution in [1.82, 2.24) is 0 Å². The van der Waals surface area contributed by atoms with Crippen LogP contribution in [0.2, 0.25) is 0 Å². The Morgan fingerprint density at radius 3 is 2.12 bits per heavy atom. The van der Waals surface area contributed by atoms with E-state index in [2.05, 4.69) is 0 Å². The van der Waals surface area contributed by atoms with Gasteiger partial charge in [0.05, 0.1) is 6.61 Å². The van der Waals surface area contributed by atoms with Gasteiger partial charge < -0.3 is 16.7 Å². The van der Waals surface area contributed by atoms with Crippen LogP contribution in [0.25, 0.3) is 0 Å². The van der Waals surface area contributed by atoms with Gasteiger partial charge in [0.25, 0.3) is 0 Å². The first kappa shape index (κ1) is 10.9. The molecule has 0 heterocycles. The summed E-state index contributed by atoms with van der Waals surface area (Å²) in [7, 11) is 0. The Morgan fingerprint density at radius 1 is 1.75 bits per heavy atom. The average Bonchev–Trinajstić information content (AvgIpc) is 1.65. The van der Waals surface area contributed by atoms with Crippen LogP contribution >= 0.6 is 0 Å². The largest absolute Gasteiger partial charge is 1.00 e. The Kier molecular flexibility index (Phi) is 6.98. The SMILES string of the molecule is O=C(O)C(O)CO.[H-].[Li+]. The van der Waals surface area contributed by atoms with Crippen molar-refractivity contribution in [3.05, 3.63) is 0 Å². The van der Waals surface area contributed by atoms with Gasteiger partial charge >= 0.3 is 24.8 Å². The first-order valence-electron chi connectivity index (χ1n) is 1.70. The molecule has 0 aliphatic heterocycles. The van der Waals surface area contributed by atoms with Gasteiger partial charge in [0.1, 0.15) is 0 Å². The zero-order valence-corrected chi connectivity index (χ0v) is 4.53. The molecular formula is C3H7LiO4. The third-order valence-corrected chi connectivity index (χ3v) is 0.458. The van der Waals surface area contributed by atoms with Crippen molar-refractivity contribution in [2.75, 3.05) is 6.61 Å². The summed E-state index contributed by atoms with van der Waals surface area (Å²) in [6.45, 7) is -0.727. The number of carboxylic acid groups (broad SMARTS) is 1. The van der Waals surface area contributed by atoms with Crippen LogP contribution in [0.5, 0.6) is 0 Å². The predicted octanol–water partition coefficient (Wildman–Crippen LogP) is -4.46. The van der Waals surface area contributed by atoms with Gasteiger partial charge in [-0.1, -0.05) is 0 Å². The maximum absolute atomic E-state index is 9.52. The number of aliphatic carboxylic acids is 1. The Bertz CT molecular complexity index is 78.2. The summed E-state index contributed by atoms with van der Waals surface area (Å²) in [6, 6.07) is 0. The molecule has 0 aromatic heterocycles. The summed E-state index contributed by atoms with van der Waals surface area (Å²) in [5, 5.41) is 23.7. The third-order valence-electron chi connectivity index (χ3n) is 0.458. The van der Waals surface area contributed by atoms with E-state index < -0.39 is 18.7 Å². The number of carboxylic acids is 1. The number of hydrogen-bond acceptors (Lipinski definition) is 3. The summed E-state index contributed by atoms with van der Waals surface area (Å²) in [5.41, 5.74) is 0.